The summed E-state index contributed by atoms with van der Waals surface area (Å²) >= 11 is 0. The Morgan fingerprint density at radius 3 is 2.58 bits per heavy atom. The average molecular weight is 367 g/mol. The summed E-state index contributed by atoms with van der Waals surface area (Å²) in [7, 11) is 0. The standard InChI is InChI=1S/C22H35FO3/c1-4-6-8-9-10-12-18-19(21(25)16-20(18)24)13-11-15-22(26,17(3)23)14-7-5-2/h9-11,13,18-19,21,25-26H,3-8,12,14-16H2,1-2H3/b10-9-,13-11+/t18-,19-,21-,22?/m1/s1. The number of carbonyl (C=O) groups excluding carboxylic acids is 1. The molecule has 26 heavy (non-hydrogen) atoms. The summed E-state index contributed by atoms with van der Waals surface area (Å²) < 4.78 is 13.7. The molecule has 0 radical (unpaired) electrons. The van der Waals surface area contributed by atoms with Crippen LogP contribution in [-0.4, -0.2) is 27.7 Å². The van der Waals surface area contributed by atoms with Gasteiger partial charge in [0, 0.05) is 24.7 Å². The van der Waals surface area contributed by atoms with Gasteiger partial charge in [0.05, 0.1) is 6.10 Å². The third kappa shape index (κ3) is 6.81. The molecule has 0 spiro atoms. The molecule has 1 aliphatic carbocycles. The summed E-state index contributed by atoms with van der Waals surface area (Å²) in [6.07, 6.45) is 12.9. The molecule has 0 aromatic rings. The molecular formula is C22H35FO3. The summed E-state index contributed by atoms with van der Waals surface area (Å²) in [5.74, 6) is -1.17. The molecule has 0 amide bonds. The highest BCUT2D eigenvalue weighted by Crippen LogP contribution is 2.34. The number of hydrogen-bond donors (Lipinski definition) is 2. The van der Waals surface area contributed by atoms with E-state index in [-0.39, 0.29) is 30.5 Å². The molecule has 1 saturated carbocycles. The van der Waals surface area contributed by atoms with E-state index in [9.17, 15) is 19.4 Å². The van der Waals surface area contributed by atoms with E-state index in [1.165, 1.54) is 0 Å². The van der Waals surface area contributed by atoms with Crippen molar-refractivity contribution in [1.29, 1.82) is 0 Å². The van der Waals surface area contributed by atoms with Gasteiger partial charge in [0.25, 0.3) is 0 Å². The van der Waals surface area contributed by atoms with Crippen molar-refractivity contribution in [2.75, 3.05) is 0 Å². The van der Waals surface area contributed by atoms with Crippen molar-refractivity contribution in [2.45, 2.75) is 83.3 Å². The third-order valence-electron chi connectivity index (χ3n) is 5.28. The van der Waals surface area contributed by atoms with Crippen LogP contribution in [0.15, 0.2) is 36.7 Å². The number of ketones is 1. The monoisotopic (exact) mass is 366 g/mol. The van der Waals surface area contributed by atoms with Gasteiger partial charge in [-0.05, 0) is 19.3 Å². The van der Waals surface area contributed by atoms with E-state index in [0.717, 1.165) is 25.7 Å². The smallest absolute Gasteiger partial charge is 0.139 e. The third-order valence-corrected chi connectivity index (χ3v) is 5.28. The summed E-state index contributed by atoms with van der Waals surface area (Å²) in [5, 5.41) is 20.6. The first-order valence-corrected chi connectivity index (χ1v) is 9.95. The van der Waals surface area contributed by atoms with E-state index in [2.05, 4.69) is 19.6 Å². The molecule has 0 aromatic carbocycles. The van der Waals surface area contributed by atoms with Gasteiger partial charge in [-0.1, -0.05) is 70.4 Å². The number of aliphatic hydroxyl groups is 2. The largest absolute Gasteiger partial charge is 0.392 e. The van der Waals surface area contributed by atoms with Crippen molar-refractivity contribution < 1.29 is 19.4 Å². The van der Waals surface area contributed by atoms with Crippen LogP contribution in [0.3, 0.4) is 0 Å². The predicted molar refractivity (Wildman–Crippen MR) is 104 cm³/mol. The Morgan fingerprint density at radius 1 is 1.27 bits per heavy atom. The Hall–Kier alpha value is -1.26. The molecule has 0 aromatic heterocycles. The molecular weight excluding hydrogens is 331 g/mol. The van der Waals surface area contributed by atoms with Crippen LogP contribution in [-0.2, 0) is 4.79 Å². The van der Waals surface area contributed by atoms with Gasteiger partial charge in [-0.25, -0.2) is 4.39 Å². The summed E-state index contributed by atoms with van der Waals surface area (Å²) in [6.45, 7) is 7.40. The van der Waals surface area contributed by atoms with E-state index < -0.39 is 17.5 Å². The van der Waals surface area contributed by atoms with Gasteiger partial charge >= 0.3 is 0 Å². The first-order valence-electron chi connectivity index (χ1n) is 9.95. The Kier molecular flexibility index (Phi) is 10.0. The highest BCUT2D eigenvalue weighted by Gasteiger charge is 2.39. The number of rotatable bonds is 12. The first-order chi connectivity index (χ1) is 12.4. The fraction of sp³-hybridized carbons (Fsp3) is 0.682. The van der Waals surface area contributed by atoms with Gasteiger partial charge < -0.3 is 10.2 Å². The molecule has 0 saturated heterocycles. The van der Waals surface area contributed by atoms with Crippen LogP contribution in [0, 0.1) is 11.8 Å². The topological polar surface area (TPSA) is 57.5 Å². The zero-order chi connectivity index (χ0) is 19.6. The van der Waals surface area contributed by atoms with E-state index in [1.54, 1.807) is 12.2 Å². The molecule has 1 unspecified atom stereocenters. The Labute approximate surface area is 157 Å². The lowest BCUT2D eigenvalue weighted by Crippen LogP contribution is -2.28. The lowest BCUT2D eigenvalue weighted by atomic mass is 9.88. The van der Waals surface area contributed by atoms with Crippen molar-refractivity contribution in [3.8, 4) is 0 Å². The Morgan fingerprint density at radius 2 is 1.96 bits per heavy atom. The van der Waals surface area contributed by atoms with Crippen LogP contribution in [0.25, 0.3) is 0 Å². The van der Waals surface area contributed by atoms with Gasteiger partial charge in [0.1, 0.15) is 17.2 Å². The molecule has 2 N–H and O–H groups in total. The lowest BCUT2D eigenvalue weighted by molar-refractivity contribution is -0.121. The second-order valence-electron chi connectivity index (χ2n) is 7.44. The van der Waals surface area contributed by atoms with Crippen molar-refractivity contribution in [3.63, 3.8) is 0 Å². The van der Waals surface area contributed by atoms with Crippen LogP contribution < -0.4 is 0 Å². The number of unbranched alkanes of at least 4 members (excludes halogenated alkanes) is 3. The predicted octanol–water partition coefficient (Wildman–Crippen LogP) is 5.04. The summed E-state index contributed by atoms with van der Waals surface area (Å²) in [5.41, 5.74) is -1.56. The molecule has 0 heterocycles. The second-order valence-corrected chi connectivity index (χ2v) is 7.44. The van der Waals surface area contributed by atoms with Crippen LogP contribution in [0.4, 0.5) is 4.39 Å². The fourth-order valence-corrected chi connectivity index (χ4v) is 3.45. The van der Waals surface area contributed by atoms with Gasteiger partial charge in [0.2, 0.25) is 0 Å². The molecule has 1 aliphatic rings. The summed E-state index contributed by atoms with van der Waals surface area (Å²) in [6, 6.07) is 0. The minimum atomic E-state index is -1.56. The maximum Gasteiger partial charge on any atom is 0.139 e. The van der Waals surface area contributed by atoms with Gasteiger partial charge in [0.15, 0.2) is 0 Å². The van der Waals surface area contributed by atoms with Gasteiger partial charge in [-0.3, -0.25) is 4.79 Å². The van der Waals surface area contributed by atoms with E-state index in [1.807, 2.05) is 13.0 Å². The molecule has 0 bridgehead atoms. The zero-order valence-electron chi connectivity index (χ0n) is 16.3. The number of hydrogen-bond acceptors (Lipinski definition) is 3. The molecule has 148 valence electrons. The van der Waals surface area contributed by atoms with Crippen LogP contribution in [0.1, 0.15) is 71.6 Å². The molecule has 4 heteroatoms. The Bertz CT molecular complexity index is 512. The number of Topliss-reactive ketones (excluding diaryl/α,β-unsaturated/α-hetero) is 1. The Balaban J connectivity index is 2.70. The average Bonchev–Trinajstić information content (AvgIpc) is 2.86. The molecule has 1 rings (SSSR count). The van der Waals surface area contributed by atoms with Crippen molar-refractivity contribution in [1.82, 2.24) is 0 Å². The van der Waals surface area contributed by atoms with E-state index >= 15 is 0 Å². The fourth-order valence-electron chi connectivity index (χ4n) is 3.45. The quantitative estimate of drug-likeness (QED) is 0.376. The van der Waals surface area contributed by atoms with Crippen molar-refractivity contribution in [3.05, 3.63) is 36.7 Å². The lowest BCUT2D eigenvalue weighted by Gasteiger charge is -2.25. The highest BCUT2D eigenvalue weighted by atomic mass is 19.1. The van der Waals surface area contributed by atoms with Crippen LogP contribution in [0.5, 0.6) is 0 Å². The minimum Gasteiger partial charge on any atom is -0.392 e. The number of carbonyl (C=O) groups is 1. The molecule has 4 atom stereocenters. The van der Waals surface area contributed by atoms with E-state index in [0.29, 0.717) is 19.3 Å². The molecule has 1 fully saturated rings. The zero-order valence-corrected chi connectivity index (χ0v) is 16.3. The van der Waals surface area contributed by atoms with Crippen molar-refractivity contribution >= 4 is 5.78 Å². The highest BCUT2D eigenvalue weighted by molar-refractivity contribution is 5.84. The number of halogens is 1. The molecule has 3 nitrogen and oxygen atoms in total. The first kappa shape index (κ1) is 22.8. The maximum absolute atomic E-state index is 13.7. The van der Waals surface area contributed by atoms with Gasteiger partial charge in [-0.2, -0.15) is 0 Å². The van der Waals surface area contributed by atoms with Gasteiger partial charge in [-0.15, -0.1) is 0 Å². The number of allylic oxidation sites excluding steroid dienone is 2. The second kappa shape index (κ2) is 11.5. The minimum absolute atomic E-state index is 0.0726. The van der Waals surface area contributed by atoms with Crippen LogP contribution >= 0.6 is 0 Å². The number of aliphatic hydroxyl groups excluding tert-OH is 1. The molecule has 0 aliphatic heterocycles. The van der Waals surface area contributed by atoms with Crippen molar-refractivity contribution in [2.24, 2.45) is 11.8 Å². The summed E-state index contributed by atoms with van der Waals surface area (Å²) in [4.78, 5) is 12.2. The normalized spacial score (nSPS) is 26.0. The SMILES string of the molecule is C=C(F)C(O)(C/C=C/[C@H]1[C@H](O)CC(=O)[C@@H]1C/C=C\CCCC)CCCC. The van der Waals surface area contributed by atoms with Crippen LogP contribution in [0.2, 0.25) is 0 Å². The van der Waals surface area contributed by atoms with E-state index in [4.69, 9.17) is 0 Å². The maximum atomic E-state index is 13.7.